The number of hydrogen-bond acceptors (Lipinski definition) is 3. The van der Waals surface area contributed by atoms with E-state index in [2.05, 4.69) is 0 Å². The molecule has 0 amide bonds. The summed E-state index contributed by atoms with van der Waals surface area (Å²) in [6.45, 7) is 2.04. The summed E-state index contributed by atoms with van der Waals surface area (Å²) < 4.78 is 5.99. The van der Waals surface area contributed by atoms with Crippen LogP contribution in [0, 0.1) is 0 Å². The molecule has 0 saturated heterocycles. The standard InChI is InChI=1S/C14H15Cl2NOS/c1-2-13(17)14(9-3-4-19-8-9)18-12-6-10(15)5-11(16)7-12/h3-8,13-14H,2,17H2,1H3. The zero-order chi connectivity index (χ0) is 13.8. The number of thiophene rings is 1. The third-order valence-electron chi connectivity index (χ3n) is 2.83. The number of nitrogens with two attached hydrogens (primary N) is 1. The van der Waals surface area contributed by atoms with Gasteiger partial charge >= 0.3 is 0 Å². The SMILES string of the molecule is CCC(N)C(Oc1cc(Cl)cc(Cl)c1)c1ccsc1. The van der Waals surface area contributed by atoms with Crippen molar-refractivity contribution in [1.29, 1.82) is 0 Å². The van der Waals surface area contributed by atoms with Gasteiger partial charge in [0.15, 0.2) is 0 Å². The van der Waals surface area contributed by atoms with Crippen LogP contribution in [-0.4, -0.2) is 6.04 Å². The third kappa shape index (κ3) is 3.86. The van der Waals surface area contributed by atoms with Gasteiger partial charge in [-0.25, -0.2) is 0 Å². The van der Waals surface area contributed by atoms with Gasteiger partial charge in [-0.3, -0.25) is 0 Å². The Morgan fingerprint density at radius 1 is 1.26 bits per heavy atom. The van der Waals surface area contributed by atoms with Crippen LogP contribution < -0.4 is 10.5 Å². The number of halogens is 2. The highest BCUT2D eigenvalue weighted by atomic mass is 35.5. The van der Waals surface area contributed by atoms with Gasteiger partial charge in [0.25, 0.3) is 0 Å². The van der Waals surface area contributed by atoms with Gasteiger partial charge in [-0.15, -0.1) is 0 Å². The molecule has 0 saturated carbocycles. The fourth-order valence-corrected chi connectivity index (χ4v) is 2.99. The predicted molar refractivity (Wildman–Crippen MR) is 82.4 cm³/mol. The molecule has 1 aromatic heterocycles. The van der Waals surface area contributed by atoms with Crippen molar-refractivity contribution in [1.82, 2.24) is 0 Å². The summed E-state index contributed by atoms with van der Waals surface area (Å²) in [7, 11) is 0. The van der Waals surface area contributed by atoms with Crippen LogP contribution in [0.3, 0.4) is 0 Å². The molecule has 2 unspecified atom stereocenters. The zero-order valence-corrected chi connectivity index (χ0v) is 12.8. The molecule has 0 fully saturated rings. The maximum absolute atomic E-state index is 6.15. The van der Waals surface area contributed by atoms with Gasteiger partial charge < -0.3 is 10.5 Å². The smallest absolute Gasteiger partial charge is 0.140 e. The molecule has 2 aromatic rings. The van der Waals surface area contributed by atoms with Gasteiger partial charge in [-0.05, 0) is 41.4 Å². The van der Waals surface area contributed by atoms with Crippen LogP contribution in [0.2, 0.25) is 10.0 Å². The molecule has 2 N–H and O–H groups in total. The fourth-order valence-electron chi connectivity index (χ4n) is 1.80. The van der Waals surface area contributed by atoms with E-state index in [4.69, 9.17) is 33.7 Å². The Morgan fingerprint density at radius 2 is 1.95 bits per heavy atom. The Bertz CT molecular complexity index is 510. The lowest BCUT2D eigenvalue weighted by atomic mass is 10.0. The van der Waals surface area contributed by atoms with Crippen molar-refractivity contribution in [3.63, 3.8) is 0 Å². The van der Waals surface area contributed by atoms with Gasteiger partial charge in [-0.2, -0.15) is 11.3 Å². The molecule has 5 heteroatoms. The largest absolute Gasteiger partial charge is 0.484 e. The lowest BCUT2D eigenvalue weighted by molar-refractivity contribution is 0.171. The Hall–Kier alpha value is -0.740. The monoisotopic (exact) mass is 315 g/mol. The van der Waals surface area contributed by atoms with Gasteiger partial charge in [0, 0.05) is 21.7 Å². The van der Waals surface area contributed by atoms with Crippen LogP contribution >= 0.6 is 34.5 Å². The first kappa shape index (κ1) is 14.7. The van der Waals surface area contributed by atoms with Gasteiger partial charge in [0.05, 0.1) is 0 Å². The molecule has 0 aliphatic heterocycles. The minimum Gasteiger partial charge on any atom is -0.484 e. The summed E-state index contributed by atoms with van der Waals surface area (Å²) in [5.41, 5.74) is 7.23. The molecule has 1 aromatic carbocycles. The number of rotatable bonds is 5. The molecule has 19 heavy (non-hydrogen) atoms. The molecule has 2 rings (SSSR count). The first-order valence-electron chi connectivity index (χ1n) is 6.00. The third-order valence-corrected chi connectivity index (χ3v) is 3.97. The van der Waals surface area contributed by atoms with E-state index < -0.39 is 0 Å². The van der Waals surface area contributed by atoms with E-state index in [1.54, 1.807) is 29.5 Å². The number of benzene rings is 1. The highest BCUT2D eigenvalue weighted by Crippen LogP contribution is 2.30. The Balaban J connectivity index is 2.25. The molecule has 0 aliphatic rings. The molecule has 0 spiro atoms. The van der Waals surface area contributed by atoms with E-state index in [1.165, 1.54) is 0 Å². The number of hydrogen-bond donors (Lipinski definition) is 1. The Kier molecular flexibility index (Phi) is 5.11. The van der Waals surface area contributed by atoms with E-state index in [9.17, 15) is 0 Å². The molecule has 102 valence electrons. The molecular formula is C14H15Cl2NOS. The van der Waals surface area contributed by atoms with Crippen molar-refractivity contribution in [2.45, 2.75) is 25.5 Å². The van der Waals surface area contributed by atoms with Crippen molar-refractivity contribution in [3.8, 4) is 5.75 Å². The number of ether oxygens (including phenoxy) is 1. The van der Waals surface area contributed by atoms with Gasteiger partial charge in [-0.1, -0.05) is 30.1 Å². The quantitative estimate of drug-likeness (QED) is 0.850. The molecule has 0 bridgehead atoms. The molecule has 1 heterocycles. The highest BCUT2D eigenvalue weighted by Gasteiger charge is 2.21. The van der Waals surface area contributed by atoms with Gasteiger partial charge in [0.2, 0.25) is 0 Å². The van der Waals surface area contributed by atoms with Crippen molar-refractivity contribution in [2.75, 3.05) is 0 Å². The summed E-state index contributed by atoms with van der Waals surface area (Å²) in [6.07, 6.45) is 0.639. The minimum absolute atomic E-state index is 0.0765. The minimum atomic E-state index is -0.189. The van der Waals surface area contributed by atoms with Crippen LogP contribution in [0.5, 0.6) is 5.75 Å². The van der Waals surface area contributed by atoms with Crippen LogP contribution in [0.1, 0.15) is 25.0 Å². The van der Waals surface area contributed by atoms with Crippen LogP contribution in [0.15, 0.2) is 35.0 Å². The van der Waals surface area contributed by atoms with Crippen molar-refractivity contribution >= 4 is 34.5 Å². The van der Waals surface area contributed by atoms with E-state index in [1.807, 2.05) is 23.8 Å². The summed E-state index contributed by atoms with van der Waals surface area (Å²) in [5.74, 6) is 0.637. The second kappa shape index (κ2) is 6.62. The molecule has 0 aliphatic carbocycles. The summed E-state index contributed by atoms with van der Waals surface area (Å²) >= 11 is 13.6. The lowest BCUT2D eigenvalue weighted by Gasteiger charge is -2.24. The van der Waals surface area contributed by atoms with Crippen LogP contribution in [-0.2, 0) is 0 Å². The van der Waals surface area contributed by atoms with E-state index >= 15 is 0 Å². The topological polar surface area (TPSA) is 35.2 Å². The summed E-state index contributed by atoms with van der Waals surface area (Å²) in [5, 5.41) is 5.17. The second-order valence-electron chi connectivity index (χ2n) is 4.27. The zero-order valence-electron chi connectivity index (χ0n) is 10.5. The van der Waals surface area contributed by atoms with Crippen molar-refractivity contribution in [3.05, 3.63) is 50.6 Å². The average molecular weight is 316 g/mol. The molecule has 2 atom stereocenters. The molecule has 2 nitrogen and oxygen atoms in total. The van der Waals surface area contributed by atoms with Crippen LogP contribution in [0.25, 0.3) is 0 Å². The Labute approximate surface area is 127 Å². The second-order valence-corrected chi connectivity index (χ2v) is 5.93. The van der Waals surface area contributed by atoms with Crippen LogP contribution in [0.4, 0.5) is 0 Å². The Morgan fingerprint density at radius 3 is 2.47 bits per heavy atom. The highest BCUT2D eigenvalue weighted by molar-refractivity contribution is 7.07. The van der Waals surface area contributed by atoms with Crippen molar-refractivity contribution < 1.29 is 4.74 Å². The average Bonchev–Trinajstić information content (AvgIpc) is 2.87. The van der Waals surface area contributed by atoms with Gasteiger partial charge in [0.1, 0.15) is 11.9 Å². The lowest BCUT2D eigenvalue weighted by Crippen LogP contribution is -2.31. The van der Waals surface area contributed by atoms with E-state index in [-0.39, 0.29) is 12.1 Å². The first-order valence-corrected chi connectivity index (χ1v) is 7.70. The van der Waals surface area contributed by atoms with E-state index in [0.29, 0.717) is 15.8 Å². The fraction of sp³-hybridized carbons (Fsp3) is 0.286. The first-order chi connectivity index (χ1) is 9.10. The predicted octanol–water partition coefficient (Wildman–Crippen LogP) is 4.91. The summed E-state index contributed by atoms with van der Waals surface area (Å²) in [6, 6.07) is 7.11. The summed E-state index contributed by atoms with van der Waals surface area (Å²) in [4.78, 5) is 0. The normalized spacial score (nSPS) is 14.1. The van der Waals surface area contributed by atoms with Crippen molar-refractivity contribution in [2.24, 2.45) is 5.73 Å². The van der Waals surface area contributed by atoms with E-state index in [0.717, 1.165) is 12.0 Å². The maximum atomic E-state index is 6.15. The molecular weight excluding hydrogens is 301 g/mol. The maximum Gasteiger partial charge on any atom is 0.140 e. The molecule has 0 radical (unpaired) electrons.